The highest BCUT2D eigenvalue weighted by Gasteiger charge is 2.36. The molecular weight excluding hydrogens is 341 g/mol. The Morgan fingerprint density at radius 2 is 1.96 bits per heavy atom. The molecule has 2 aromatic rings. The van der Waals surface area contributed by atoms with E-state index in [4.69, 9.17) is 16.3 Å². The molecule has 2 saturated heterocycles. The number of benzene rings is 1. The van der Waals surface area contributed by atoms with Crippen molar-refractivity contribution in [3.8, 4) is 5.75 Å². The van der Waals surface area contributed by atoms with Gasteiger partial charge in [-0.2, -0.15) is 0 Å². The number of halogens is 2. The first-order chi connectivity index (χ1) is 12.2. The minimum Gasteiger partial charge on any atom is -0.493 e. The largest absolute Gasteiger partial charge is 0.493 e. The predicted molar refractivity (Wildman–Crippen MR) is 96.8 cm³/mol. The number of aromatic nitrogens is 1. The summed E-state index contributed by atoms with van der Waals surface area (Å²) < 4.78 is 18.8. The van der Waals surface area contributed by atoms with Gasteiger partial charge in [0.1, 0.15) is 17.4 Å². The van der Waals surface area contributed by atoms with Crippen molar-refractivity contribution in [3.63, 3.8) is 0 Å². The number of nitrogens with zero attached hydrogens (tertiary/aromatic N) is 3. The van der Waals surface area contributed by atoms with E-state index < -0.39 is 0 Å². The number of anilines is 1. The minimum atomic E-state index is -0.235. The van der Waals surface area contributed by atoms with Gasteiger partial charge >= 0.3 is 0 Å². The van der Waals surface area contributed by atoms with Gasteiger partial charge < -0.3 is 9.64 Å². The second-order valence-electron chi connectivity index (χ2n) is 6.80. The van der Waals surface area contributed by atoms with Crippen molar-refractivity contribution in [2.24, 2.45) is 5.92 Å². The Morgan fingerprint density at radius 1 is 1.12 bits per heavy atom. The van der Waals surface area contributed by atoms with E-state index in [0.717, 1.165) is 44.2 Å². The maximum absolute atomic E-state index is 12.9. The monoisotopic (exact) mass is 361 g/mol. The van der Waals surface area contributed by atoms with Crippen LogP contribution in [0.25, 0.3) is 0 Å². The summed E-state index contributed by atoms with van der Waals surface area (Å²) >= 11 is 5.93. The zero-order chi connectivity index (χ0) is 17.2. The number of rotatable bonds is 4. The van der Waals surface area contributed by atoms with Crippen LogP contribution in [0.5, 0.6) is 5.75 Å². The van der Waals surface area contributed by atoms with Gasteiger partial charge in [0, 0.05) is 44.3 Å². The molecule has 0 bridgehead atoms. The van der Waals surface area contributed by atoms with Crippen LogP contribution in [0.3, 0.4) is 0 Å². The Morgan fingerprint density at radius 3 is 2.72 bits per heavy atom. The molecular formula is C19H21ClFN3O. The second-order valence-corrected chi connectivity index (χ2v) is 7.23. The summed E-state index contributed by atoms with van der Waals surface area (Å²) in [7, 11) is 0. The molecule has 6 heteroatoms. The number of ether oxygens (including phenoxy) is 1. The fourth-order valence-electron chi connectivity index (χ4n) is 3.78. The van der Waals surface area contributed by atoms with E-state index in [1.165, 1.54) is 12.1 Å². The highest BCUT2D eigenvalue weighted by molar-refractivity contribution is 6.30. The molecule has 3 heterocycles. The van der Waals surface area contributed by atoms with Crippen molar-refractivity contribution in [2.75, 3.05) is 37.7 Å². The van der Waals surface area contributed by atoms with Crippen molar-refractivity contribution in [1.82, 2.24) is 9.88 Å². The van der Waals surface area contributed by atoms with Gasteiger partial charge in [0.2, 0.25) is 0 Å². The molecule has 0 N–H and O–H groups in total. The molecule has 0 spiro atoms. The minimum absolute atomic E-state index is 0.235. The number of hydrogen-bond donors (Lipinski definition) is 0. The van der Waals surface area contributed by atoms with Gasteiger partial charge in [0.15, 0.2) is 0 Å². The standard InChI is InChI=1S/C19H21ClFN3O/c20-15-1-6-19(22-10-15)24-8-7-23-11-14(9-17(23)12-24)13-25-18-4-2-16(21)3-5-18/h1-6,10,14,17H,7-9,11-13H2/t14-,17-/m0/s1. The highest BCUT2D eigenvalue weighted by Crippen LogP contribution is 2.29. The molecule has 25 heavy (non-hydrogen) atoms. The maximum Gasteiger partial charge on any atom is 0.128 e. The van der Waals surface area contributed by atoms with Crippen LogP contribution < -0.4 is 9.64 Å². The van der Waals surface area contributed by atoms with Crippen LogP contribution in [-0.4, -0.2) is 48.7 Å². The van der Waals surface area contributed by atoms with Crippen LogP contribution in [0.2, 0.25) is 5.02 Å². The van der Waals surface area contributed by atoms with E-state index in [9.17, 15) is 4.39 Å². The summed E-state index contributed by atoms with van der Waals surface area (Å²) in [4.78, 5) is 9.32. The van der Waals surface area contributed by atoms with E-state index in [0.29, 0.717) is 23.6 Å². The van der Waals surface area contributed by atoms with Gasteiger partial charge in [0.25, 0.3) is 0 Å². The highest BCUT2D eigenvalue weighted by atomic mass is 35.5. The lowest BCUT2D eigenvalue weighted by molar-refractivity contribution is 0.216. The van der Waals surface area contributed by atoms with Gasteiger partial charge in [0.05, 0.1) is 11.6 Å². The average Bonchev–Trinajstić information content (AvgIpc) is 3.04. The molecule has 0 unspecified atom stereocenters. The first kappa shape index (κ1) is 16.6. The Labute approximate surface area is 152 Å². The Balaban J connectivity index is 1.32. The molecule has 2 atom stereocenters. The lowest BCUT2D eigenvalue weighted by atomic mass is 10.1. The van der Waals surface area contributed by atoms with E-state index >= 15 is 0 Å². The topological polar surface area (TPSA) is 28.6 Å². The van der Waals surface area contributed by atoms with Crippen LogP contribution in [0.4, 0.5) is 10.2 Å². The molecule has 4 nitrogen and oxygen atoms in total. The lowest BCUT2D eigenvalue weighted by Crippen LogP contribution is -2.50. The molecule has 4 rings (SSSR count). The Hall–Kier alpha value is -1.85. The molecule has 0 aliphatic carbocycles. The smallest absolute Gasteiger partial charge is 0.128 e. The van der Waals surface area contributed by atoms with E-state index in [-0.39, 0.29) is 5.82 Å². The predicted octanol–water partition coefficient (Wildman–Crippen LogP) is 3.46. The summed E-state index contributed by atoms with van der Waals surface area (Å²) in [5.41, 5.74) is 0. The summed E-state index contributed by atoms with van der Waals surface area (Å²) in [5.74, 6) is 2.00. The lowest BCUT2D eigenvalue weighted by Gasteiger charge is -2.38. The molecule has 1 aromatic heterocycles. The van der Waals surface area contributed by atoms with Gasteiger partial charge in [-0.1, -0.05) is 11.6 Å². The number of hydrogen-bond acceptors (Lipinski definition) is 4. The third kappa shape index (κ3) is 3.88. The van der Waals surface area contributed by atoms with Crippen molar-refractivity contribution in [2.45, 2.75) is 12.5 Å². The van der Waals surface area contributed by atoms with Crippen LogP contribution in [0, 0.1) is 11.7 Å². The summed E-state index contributed by atoms with van der Waals surface area (Å²) in [6, 6.07) is 10.7. The zero-order valence-corrected chi connectivity index (χ0v) is 14.7. The van der Waals surface area contributed by atoms with Gasteiger partial charge in [-0.05, 0) is 42.8 Å². The molecule has 0 saturated carbocycles. The molecule has 2 aliphatic heterocycles. The quantitative estimate of drug-likeness (QED) is 0.833. The normalized spacial score (nSPS) is 23.5. The third-order valence-corrected chi connectivity index (χ3v) is 5.26. The van der Waals surface area contributed by atoms with Crippen LogP contribution in [0.1, 0.15) is 6.42 Å². The number of piperazine rings is 1. The first-order valence-corrected chi connectivity index (χ1v) is 9.04. The molecule has 1 aromatic carbocycles. The summed E-state index contributed by atoms with van der Waals surface area (Å²) in [6.45, 7) is 4.76. The average molecular weight is 362 g/mol. The SMILES string of the molecule is Fc1ccc(OC[C@H]2C[C@H]3CN(c4ccc(Cl)cn4)CCN3C2)cc1. The Kier molecular flexibility index (Phi) is 4.77. The molecule has 132 valence electrons. The second kappa shape index (κ2) is 7.18. The number of pyridine rings is 1. The molecule has 0 radical (unpaired) electrons. The fourth-order valence-corrected chi connectivity index (χ4v) is 3.89. The van der Waals surface area contributed by atoms with Crippen molar-refractivity contribution in [1.29, 1.82) is 0 Å². The number of fused-ring (bicyclic) bond motifs is 1. The maximum atomic E-state index is 12.9. The molecule has 2 fully saturated rings. The van der Waals surface area contributed by atoms with Crippen LogP contribution in [-0.2, 0) is 0 Å². The van der Waals surface area contributed by atoms with Crippen LogP contribution >= 0.6 is 11.6 Å². The zero-order valence-electron chi connectivity index (χ0n) is 13.9. The summed E-state index contributed by atoms with van der Waals surface area (Å²) in [5, 5.41) is 0.668. The van der Waals surface area contributed by atoms with E-state index in [1.54, 1.807) is 18.3 Å². The van der Waals surface area contributed by atoms with Crippen molar-refractivity contribution in [3.05, 3.63) is 53.4 Å². The van der Waals surface area contributed by atoms with Crippen molar-refractivity contribution < 1.29 is 9.13 Å². The van der Waals surface area contributed by atoms with E-state index in [2.05, 4.69) is 14.8 Å². The van der Waals surface area contributed by atoms with Gasteiger partial charge in [-0.25, -0.2) is 9.37 Å². The third-order valence-electron chi connectivity index (χ3n) is 5.04. The van der Waals surface area contributed by atoms with Crippen molar-refractivity contribution >= 4 is 17.4 Å². The Bertz CT molecular complexity index is 710. The van der Waals surface area contributed by atoms with Gasteiger partial charge in [-0.3, -0.25) is 4.90 Å². The first-order valence-electron chi connectivity index (χ1n) is 8.66. The van der Waals surface area contributed by atoms with E-state index in [1.807, 2.05) is 12.1 Å². The van der Waals surface area contributed by atoms with Gasteiger partial charge in [-0.15, -0.1) is 0 Å². The molecule has 2 aliphatic rings. The van der Waals surface area contributed by atoms with Crippen LogP contribution in [0.15, 0.2) is 42.6 Å². The molecule has 0 amide bonds. The summed E-state index contributed by atoms with van der Waals surface area (Å²) in [6.07, 6.45) is 2.82. The fraction of sp³-hybridized carbons (Fsp3) is 0.421.